The summed E-state index contributed by atoms with van der Waals surface area (Å²) in [5.74, 6) is -0.0529. The molecule has 3 aromatic carbocycles. The number of fused-ring (bicyclic) bond motifs is 2. The van der Waals surface area contributed by atoms with Gasteiger partial charge in [0.2, 0.25) is 5.09 Å². The smallest absolute Gasteiger partial charge is 0.295 e. The second-order valence-corrected chi connectivity index (χ2v) is 11.5. The number of H-pyrrole nitrogens is 1. The normalized spacial score (nSPS) is 12.3. The molecule has 0 unspecified atom stereocenters. The number of sulfonamides is 2. The molecule has 0 aliphatic rings. The second-order valence-electron chi connectivity index (χ2n) is 7.81. The maximum atomic E-state index is 13.1. The molecule has 0 saturated heterocycles. The highest BCUT2D eigenvalue weighted by Gasteiger charge is 2.24. The van der Waals surface area contributed by atoms with Crippen LogP contribution in [-0.4, -0.2) is 26.9 Å². The minimum atomic E-state index is -4.21. The number of aromatic nitrogens is 1. The van der Waals surface area contributed by atoms with Crippen molar-refractivity contribution in [3.8, 4) is 5.75 Å². The number of nitrogens with one attached hydrogen (secondary N) is 3. The van der Waals surface area contributed by atoms with Crippen LogP contribution >= 0.6 is 11.6 Å². The molecule has 9 nitrogen and oxygen atoms in total. The maximum absolute atomic E-state index is 13.1. The largest absolute Gasteiger partial charge is 0.505 e. The fourth-order valence-electron chi connectivity index (χ4n) is 3.64. The van der Waals surface area contributed by atoms with Gasteiger partial charge >= 0.3 is 0 Å². The summed E-state index contributed by atoms with van der Waals surface area (Å²) < 4.78 is 62.4. The van der Waals surface area contributed by atoms with Gasteiger partial charge in [-0.1, -0.05) is 29.8 Å². The van der Waals surface area contributed by atoms with Gasteiger partial charge in [0.15, 0.2) is 0 Å². The van der Waals surface area contributed by atoms with E-state index in [9.17, 15) is 21.9 Å². The van der Waals surface area contributed by atoms with E-state index < -0.39 is 20.0 Å². The average molecular weight is 532 g/mol. The first kappa shape index (κ1) is 23.1. The zero-order chi connectivity index (χ0) is 25.0. The van der Waals surface area contributed by atoms with Crippen LogP contribution in [0.5, 0.6) is 5.75 Å². The summed E-state index contributed by atoms with van der Waals surface area (Å²) in [7, 11) is -8.38. The lowest BCUT2D eigenvalue weighted by Gasteiger charge is -2.14. The Morgan fingerprint density at radius 1 is 0.886 bits per heavy atom. The predicted molar refractivity (Wildman–Crippen MR) is 134 cm³/mol. The Hall–Kier alpha value is -3.67. The van der Waals surface area contributed by atoms with E-state index in [4.69, 9.17) is 16.0 Å². The van der Waals surface area contributed by atoms with Crippen molar-refractivity contribution >= 4 is 64.9 Å². The summed E-state index contributed by atoms with van der Waals surface area (Å²) in [6.45, 7) is 1.66. The van der Waals surface area contributed by atoms with Gasteiger partial charge in [0.05, 0.1) is 22.0 Å². The van der Waals surface area contributed by atoms with Gasteiger partial charge in [-0.05, 0) is 49.4 Å². The topological polar surface area (TPSA) is 142 Å². The van der Waals surface area contributed by atoms with E-state index in [0.717, 1.165) is 0 Å². The van der Waals surface area contributed by atoms with Crippen molar-refractivity contribution < 1.29 is 26.4 Å². The lowest BCUT2D eigenvalue weighted by molar-refractivity contribution is 0.477. The minimum absolute atomic E-state index is 0.0522. The fraction of sp³-hybridized carbons (Fsp3) is 0.0435. The van der Waals surface area contributed by atoms with E-state index in [2.05, 4.69) is 14.4 Å². The number of hydrogen-bond acceptors (Lipinski definition) is 6. The molecule has 5 rings (SSSR count). The molecule has 0 saturated carbocycles. The molecule has 0 spiro atoms. The molecule has 12 heteroatoms. The number of rotatable bonds is 6. The van der Waals surface area contributed by atoms with E-state index in [0.29, 0.717) is 27.6 Å². The molecular formula is C23H18ClN3O6S2. The molecule has 2 aromatic heterocycles. The number of anilines is 2. The zero-order valence-electron chi connectivity index (χ0n) is 18.0. The standard InChI is InChI=1S/C23H18ClN3O6S2/c1-13-23(28)17-12-16(7-9-18(17)25-13)34(29,30)26-19-8-6-15(24)11-20(19)27-35(31,32)22-10-14-4-2-3-5-21(14)33-22/h2-12,25-28H,1H3. The maximum Gasteiger partial charge on any atom is 0.295 e. The first-order valence-corrected chi connectivity index (χ1v) is 13.5. The summed E-state index contributed by atoms with van der Waals surface area (Å²) in [6.07, 6.45) is 0. The van der Waals surface area contributed by atoms with Crippen LogP contribution < -0.4 is 9.44 Å². The number of benzene rings is 3. The van der Waals surface area contributed by atoms with Gasteiger partial charge in [-0.15, -0.1) is 0 Å². The van der Waals surface area contributed by atoms with Crippen molar-refractivity contribution in [2.45, 2.75) is 16.9 Å². The van der Waals surface area contributed by atoms with E-state index in [1.165, 1.54) is 42.5 Å². The van der Waals surface area contributed by atoms with Gasteiger partial charge in [-0.2, -0.15) is 8.42 Å². The van der Waals surface area contributed by atoms with E-state index in [1.807, 2.05) is 0 Å². The van der Waals surface area contributed by atoms with Crippen molar-refractivity contribution in [3.05, 3.63) is 77.4 Å². The van der Waals surface area contributed by atoms with Crippen molar-refractivity contribution in [2.75, 3.05) is 9.44 Å². The van der Waals surface area contributed by atoms with Gasteiger partial charge in [-0.25, -0.2) is 8.42 Å². The number of aromatic amines is 1. The minimum Gasteiger partial charge on any atom is -0.505 e. The fourth-order valence-corrected chi connectivity index (χ4v) is 5.96. The van der Waals surface area contributed by atoms with E-state index in [-0.39, 0.29) is 32.1 Å². The van der Waals surface area contributed by atoms with Crippen molar-refractivity contribution in [3.63, 3.8) is 0 Å². The third-order valence-electron chi connectivity index (χ3n) is 5.37. The quantitative estimate of drug-likeness (QED) is 0.238. The average Bonchev–Trinajstić information content (AvgIpc) is 3.37. The molecule has 180 valence electrons. The van der Waals surface area contributed by atoms with Gasteiger partial charge in [0.1, 0.15) is 11.3 Å². The number of furan rings is 1. The highest BCUT2D eigenvalue weighted by molar-refractivity contribution is 7.93. The molecule has 0 bridgehead atoms. The van der Waals surface area contributed by atoms with Crippen LogP contribution in [-0.2, 0) is 20.0 Å². The van der Waals surface area contributed by atoms with Gasteiger partial charge in [-0.3, -0.25) is 9.44 Å². The molecule has 5 aromatic rings. The highest BCUT2D eigenvalue weighted by Crippen LogP contribution is 2.33. The third kappa shape index (κ3) is 4.29. The van der Waals surface area contributed by atoms with Crippen LogP contribution in [0.25, 0.3) is 21.9 Å². The Bertz CT molecular complexity index is 1790. The Morgan fingerprint density at radius 3 is 2.40 bits per heavy atom. The molecule has 4 N–H and O–H groups in total. The number of aromatic hydroxyl groups is 1. The molecule has 0 atom stereocenters. The first-order valence-electron chi connectivity index (χ1n) is 10.2. The molecule has 0 amide bonds. The first-order chi connectivity index (χ1) is 16.5. The summed E-state index contributed by atoms with van der Waals surface area (Å²) >= 11 is 6.06. The van der Waals surface area contributed by atoms with Crippen molar-refractivity contribution in [2.24, 2.45) is 0 Å². The van der Waals surface area contributed by atoms with Crippen LogP contribution in [0.3, 0.4) is 0 Å². The van der Waals surface area contributed by atoms with E-state index in [1.54, 1.807) is 31.2 Å². The second kappa shape index (κ2) is 8.22. The number of halogens is 1. The summed E-state index contributed by atoms with van der Waals surface area (Å²) in [4.78, 5) is 2.83. The summed E-state index contributed by atoms with van der Waals surface area (Å²) in [6, 6.07) is 16.4. The highest BCUT2D eigenvalue weighted by atomic mass is 35.5. The van der Waals surface area contributed by atoms with Crippen LogP contribution in [0.15, 0.2) is 81.1 Å². The van der Waals surface area contributed by atoms with E-state index >= 15 is 0 Å². The van der Waals surface area contributed by atoms with Gasteiger partial charge < -0.3 is 14.5 Å². The SMILES string of the molecule is Cc1[nH]c2ccc(S(=O)(=O)Nc3ccc(Cl)cc3NS(=O)(=O)c3cc4ccccc4o3)cc2c1O. The Kier molecular flexibility index (Phi) is 5.42. The third-order valence-corrected chi connectivity index (χ3v) is 8.19. The lowest BCUT2D eigenvalue weighted by Crippen LogP contribution is -2.17. The molecule has 0 aliphatic carbocycles. The molecule has 0 fully saturated rings. The molecule has 2 heterocycles. The number of hydrogen-bond donors (Lipinski definition) is 4. The Labute approximate surface area is 205 Å². The molecule has 35 heavy (non-hydrogen) atoms. The number of aryl methyl sites for hydroxylation is 1. The van der Waals surface area contributed by atoms with Crippen LogP contribution in [0.1, 0.15) is 5.69 Å². The van der Waals surface area contributed by atoms with Crippen LogP contribution in [0.4, 0.5) is 11.4 Å². The van der Waals surface area contributed by atoms with Crippen molar-refractivity contribution in [1.82, 2.24) is 4.98 Å². The van der Waals surface area contributed by atoms with Gasteiger partial charge in [0.25, 0.3) is 20.0 Å². The Morgan fingerprint density at radius 2 is 1.63 bits per heavy atom. The summed E-state index contributed by atoms with van der Waals surface area (Å²) in [5, 5.41) is 11.0. The van der Waals surface area contributed by atoms with Crippen molar-refractivity contribution in [1.29, 1.82) is 0 Å². The number of para-hydroxylation sites is 1. The summed E-state index contributed by atoms with van der Waals surface area (Å²) in [5.41, 5.74) is 1.32. The van der Waals surface area contributed by atoms with Gasteiger partial charge in [0, 0.05) is 27.4 Å². The lowest BCUT2D eigenvalue weighted by atomic mass is 10.2. The zero-order valence-corrected chi connectivity index (χ0v) is 20.4. The van der Waals surface area contributed by atoms with Crippen LogP contribution in [0.2, 0.25) is 5.02 Å². The van der Waals surface area contributed by atoms with Crippen LogP contribution in [0, 0.1) is 6.92 Å². The molecule has 0 radical (unpaired) electrons. The molecule has 0 aliphatic heterocycles. The molecular weight excluding hydrogens is 514 g/mol. The predicted octanol–water partition coefficient (Wildman–Crippen LogP) is 5.18. The Balaban J connectivity index is 1.50. The monoisotopic (exact) mass is 531 g/mol.